The molecule has 0 atom stereocenters. The molecule has 0 saturated carbocycles. The second-order valence-electron chi connectivity index (χ2n) is 6.41. The van der Waals surface area contributed by atoms with E-state index in [2.05, 4.69) is 31.7 Å². The summed E-state index contributed by atoms with van der Waals surface area (Å²) in [5.74, 6) is 0.194. The van der Waals surface area contributed by atoms with Crippen LogP contribution < -0.4 is 16.2 Å². The molecule has 1 heterocycles. The number of anilines is 1. The van der Waals surface area contributed by atoms with Crippen LogP contribution in [0.2, 0.25) is 0 Å². The average Bonchev–Trinajstić information content (AvgIpc) is 2.31. The minimum atomic E-state index is -0.283. The molecule has 0 aliphatic carbocycles. The van der Waals surface area contributed by atoms with E-state index < -0.39 is 0 Å². The highest BCUT2D eigenvalue weighted by Crippen LogP contribution is 2.16. The molecule has 1 rings (SSSR count). The minimum absolute atomic E-state index is 0.0885. The Bertz CT molecular complexity index is 561. The Kier molecular flexibility index (Phi) is 5.95. The quantitative estimate of drug-likeness (QED) is 0.843. The molecule has 0 spiro atoms. The van der Waals surface area contributed by atoms with Crippen LogP contribution in [-0.2, 0) is 11.3 Å². The van der Waals surface area contributed by atoms with Gasteiger partial charge in [0.15, 0.2) is 0 Å². The van der Waals surface area contributed by atoms with E-state index in [1.807, 2.05) is 34.6 Å². The molecule has 1 amide bonds. The molecule has 0 aliphatic heterocycles. The van der Waals surface area contributed by atoms with E-state index in [0.29, 0.717) is 22.6 Å². The SMILES string of the molecule is CC(C)Cn1ncc(NCC(=O)NC(C)(C)C)c(Br)c1=O. The van der Waals surface area contributed by atoms with Gasteiger partial charge in [-0.15, -0.1) is 0 Å². The second-order valence-corrected chi connectivity index (χ2v) is 7.20. The molecule has 0 aromatic carbocycles. The fraction of sp³-hybridized carbons (Fsp3) is 0.643. The van der Waals surface area contributed by atoms with Crippen molar-refractivity contribution in [2.75, 3.05) is 11.9 Å². The summed E-state index contributed by atoms with van der Waals surface area (Å²) in [4.78, 5) is 23.9. The van der Waals surface area contributed by atoms with Crippen molar-refractivity contribution in [3.63, 3.8) is 0 Å². The molecule has 0 fully saturated rings. The van der Waals surface area contributed by atoms with E-state index in [-0.39, 0.29) is 23.6 Å². The van der Waals surface area contributed by atoms with Crippen molar-refractivity contribution in [1.29, 1.82) is 0 Å². The van der Waals surface area contributed by atoms with Gasteiger partial charge in [-0.1, -0.05) is 13.8 Å². The number of halogens is 1. The molecule has 2 N–H and O–H groups in total. The number of carbonyl (C=O) groups is 1. The maximum absolute atomic E-state index is 12.1. The van der Waals surface area contributed by atoms with Crippen LogP contribution in [0.15, 0.2) is 15.5 Å². The molecule has 21 heavy (non-hydrogen) atoms. The third-order valence-electron chi connectivity index (χ3n) is 2.48. The monoisotopic (exact) mass is 358 g/mol. The average molecular weight is 359 g/mol. The highest BCUT2D eigenvalue weighted by Gasteiger charge is 2.15. The highest BCUT2D eigenvalue weighted by atomic mass is 79.9. The van der Waals surface area contributed by atoms with Crippen molar-refractivity contribution < 1.29 is 4.79 Å². The van der Waals surface area contributed by atoms with E-state index in [1.54, 1.807) is 6.20 Å². The lowest BCUT2D eigenvalue weighted by Gasteiger charge is -2.20. The molecule has 0 bridgehead atoms. The smallest absolute Gasteiger partial charge is 0.283 e. The number of nitrogens with zero attached hydrogens (tertiary/aromatic N) is 2. The maximum atomic E-state index is 12.1. The minimum Gasteiger partial charge on any atom is -0.374 e. The van der Waals surface area contributed by atoms with Crippen molar-refractivity contribution in [3.8, 4) is 0 Å². The first-order valence-corrected chi connectivity index (χ1v) is 7.70. The van der Waals surface area contributed by atoms with Gasteiger partial charge < -0.3 is 10.6 Å². The second kappa shape index (κ2) is 7.06. The fourth-order valence-corrected chi connectivity index (χ4v) is 2.15. The Hall–Kier alpha value is -1.37. The predicted octanol–water partition coefficient (Wildman–Crippen LogP) is 1.99. The van der Waals surface area contributed by atoms with Crippen molar-refractivity contribution in [1.82, 2.24) is 15.1 Å². The van der Waals surface area contributed by atoms with Crippen LogP contribution in [0.5, 0.6) is 0 Å². The Morgan fingerprint density at radius 1 is 1.43 bits per heavy atom. The molecule has 118 valence electrons. The van der Waals surface area contributed by atoms with E-state index >= 15 is 0 Å². The van der Waals surface area contributed by atoms with Gasteiger partial charge in [-0.25, -0.2) is 4.68 Å². The number of rotatable bonds is 5. The zero-order valence-electron chi connectivity index (χ0n) is 13.2. The van der Waals surface area contributed by atoms with Crippen molar-refractivity contribution in [2.24, 2.45) is 5.92 Å². The molecular formula is C14H23BrN4O2. The number of hydrogen-bond acceptors (Lipinski definition) is 4. The van der Waals surface area contributed by atoms with Crippen LogP contribution in [0.1, 0.15) is 34.6 Å². The summed E-state index contributed by atoms with van der Waals surface area (Å²) in [6.07, 6.45) is 1.55. The van der Waals surface area contributed by atoms with Crippen LogP contribution in [0.25, 0.3) is 0 Å². The zero-order chi connectivity index (χ0) is 16.2. The lowest BCUT2D eigenvalue weighted by molar-refractivity contribution is -0.120. The van der Waals surface area contributed by atoms with Crippen LogP contribution in [0.3, 0.4) is 0 Å². The molecule has 1 aromatic heterocycles. The van der Waals surface area contributed by atoms with Crippen LogP contribution in [0.4, 0.5) is 5.69 Å². The Morgan fingerprint density at radius 2 is 2.05 bits per heavy atom. The van der Waals surface area contributed by atoms with Crippen molar-refractivity contribution in [2.45, 2.75) is 46.7 Å². The van der Waals surface area contributed by atoms with E-state index in [9.17, 15) is 9.59 Å². The van der Waals surface area contributed by atoms with E-state index in [4.69, 9.17) is 0 Å². The van der Waals surface area contributed by atoms with Gasteiger partial charge in [0, 0.05) is 12.1 Å². The summed E-state index contributed by atoms with van der Waals surface area (Å²) < 4.78 is 1.80. The van der Waals surface area contributed by atoms with E-state index in [1.165, 1.54) is 4.68 Å². The van der Waals surface area contributed by atoms with Gasteiger partial charge in [-0.05, 0) is 42.6 Å². The third-order valence-corrected chi connectivity index (χ3v) is 3.24. The molecular weight excluding hydrogens is 336 g/mol. The number of carbonyl (C=O) groups excluding carboxylic acids is 1. The standard InChI is InChI=1S/C14H23BrN4O2/c1-9(2)8-19-13(21)12(15)10(6-17-19)16-7-11(20)18-14(3,4)5/h6,9,16H,7-8H2,1-5H3,(H,18,20). The lowest BCUT2D eigenvalue weighted by atomic mass is 10.1. The summed E-state index contributed by atoms with van der Waals surface area (Å²) in [7, 11) is 0. The fourth-order valence-electron chi connectivity index (χ4n) is 1.70. The highest BCUT2D eigenvalue weighted by molar-refractivity contribution is 9.10. The maximum Gasteiger partial charge on any atom is 0.283 e. The van der Waals surface area contributed by atoms with Gasteiger partial charge in [-0.2, -0.15) is 5.10 Å². The molecule has 0 aliphatic rings. The summed E-state index contributed by atoms with van der Waals surface area (Å²) in [5.41, 5.74) is 0.0311. The predicted molar refractivity (Wildman–Crippen MR) is 87.4 cm³/mol. The molecule has 0 saturated heterocycles. The first-order valence-electron chi connectivity index (χ1n) is 6.90. The molecule has 6 nitrogen and oxygen atoms in total. The van der Waals surface area contributed by atoms with Crippen LogP contribution in [0, 0.1) is 5.92 Å². The largest absolute Gasteiger partial charge is 0.374 e. The normalized spacial score (nSPS) is 11.6. The molecule has 0 unspecified atom stereocenters. The van der Waals surface area contributed by atoms with Crippen LogP contribution >= 0.6 is 15.9 Å². The van der Waals surface area contributed by atoms with Gasteiger partial charge in [0.05, 0.1) is 18.4 Å². The summed E-state index contributed by atoms with van der Waals surface area (Å²) in [5, 5.41) is 9.87. The molecule has 0 radical (unpaired) electrons. The Morgan fingerprint density at radius 3 is 2.57 bits per heavy atom. The Labute approximate surface area is 133 Å². The van der Waals surface area contributed by atoms with Crippen molar-refractivity contribution >= 4 is 27.5 Å². The van der Waals surface area contributed by atoms with Gasteiger partial charge >= 0.3 is 0 Å². The topological polar surface area (TPSA) is 76.0 Å². The number of hydrogen-bond donors (Lipinski definition) is 2. The van der Waals surface area contributed by atoms with Crippen LogP contribution in [-0.4, -0.2) is 27.8 Å². The number of amides is 1. The van der Waals surface area contributed by atoms with Crippen molar-refractivity contribution in [3.05, 3.63) is 21.0 Å². The molecule has 1 aromatic rings. The van der Waals surface area contributed by atoms with Gasteiger partial charge in [0.25, 0.3) is 5.56 Å². The molecule has 7 heteroatoms. The lowest BCUT2D eigenvalue weighted by Crippen LogP contribution is -2.43. The first kappa shape index (κ1) is 17.7. The number of nitrogens with one attached hydrogen (secondary N) is 2. The summed E-state index contributed by atoms with van der Waals surface area (Å²) >= 11 is 3.26. The number of aromatic nitrogens is 2. The van der Waals surface area contributed by atoms with E-state index in [0.717, 1.165) is 0 Å². The Balaban J connectivity index is 2.75. The summed E-state index contributed by atoms with van der Waals surface area (Å²) in [6.45, 7) is 10.4. The van der Waals surface area contributed by atoms with Gasteiger partial charge in [0.1, 0.15) is 4.47 Å². The van der Waals surface area contributed by atoms with Gasteiger partial charge in [0.2, 0.25) is 5.91 Å². The van der Waals surface area contributed by atoms with Gasteiger partial charge in [-0.3, -0.25) is 9.59 Å². The summed E-state index contributed by atoms with van der Waals surface area (Å²) in [6, 6.07) is 0. The first-order chi connectivity index (χ1) is 9.60. The third kappa shape index (κ3) is 5.87. The zero-order valence-corrected chi connectivity index (χ0v) is 14.7.